The molecule has 1 heterocycles. The normalized spacial score (nSPS) is 16.1. The van der Waals surface area contributed by atoms with Crippen molar-refractivity contribution in [1.29, 1.82) is 0 Å². The summed E-state index contributed by atoms with van der Waals surface area (Å²) in [7, 11) is 0. The molecule has 0 fully saturated rings. The molecule has 0 spiro atoms. The highest BCUT2D eigenvalue weighted by atomic mass is 16.6. The zero-order valence-electron chi connectivity index (χ0n) is 9.25. The number of cyclic esters (lactones) is 1. The van der Waals surface area contributed by atoms with E-state index in [1.165, 1.54) is 0 Å². The Balaban J connectivity index is 3.28. The van der Waals surface area contributed by atoms with E-state index in [-0.39, 0.29) is 23.0 Å². The van der Waals surface area contributed by atoms with Gasteiger partial charge in [0.15, 0.2) is 5.78 Å². The fraction of sp³-hybridized carbons (Fsp3) is 0.455. The van der Waals surface area contributed by atoms with Crippen LogP contribution in [0.5, 0.6) is 0 Å². The minimum atomic E-state index is -0.852. The number of aliphatic hydroxyl groups excluding tert-OH is 1. The van der Waals surface area contributed by atoms with Crippen LogP contribution in [0.4, 0.5) is 0 Å². The second-order valence-electron chi connectivity index (χ2n) is 3.96. The van der Waals surface area contributed by atoms with Crippen molar-refractivity contribution in [2.24, 2.45) is 5.92 Å². The molecular weight excluding hydrogens is 196 g/mol. The van der Waals surface area contributed by atoms with Crippen molar-refractivity contribution in [3.8, 4) is 0 Å². The van der Waals surface area contributed by atoms with E-state index < -0.39 is 11.7 Å². The molecule has 1 aliphatic heterocycles. The third-order valence-corrected chi connectivity index (χ3v) is 2.08. The first-order valence-electron chi connectivity index (χ1n) is 4.73. The molecule has 0 unspecified atom stereocenters. The van der Waals surface area contributed by atoms with Gasteiger partial charge in [0.25, 0.3) is 0 Å². The van der Waals surface area contributed by atoms with Gasteiger partial charge in [-0.05, 0) is 19.4 Å². The summed E-state index contributed by atoms with van der Waals surface area (Å²) in [6.45, 7) is 6.84. The number of Topliss-reactive ketones (excluding diaryl/α,β-unsaturated/α-hetero) is 1. The van der Waals surface area contributed by atoms with E-state index in [1.807, 2.05) is 0 Å². The molecular formula is C11H14O4. The lowest BCUT2D eigenvalue weighted by atomic mass is 9.98. The molecule has 82 valence electrons. The predicted octanol–water partition coefficient (Wildman–Crippen LogP) is 1.87. The molecule has 0 bridgehead atoms. The van der Waals surface area contributed by atoms with E-state index in [4.69, 9.17) is 4.74 Å². The Hall–Kier alpha value is -1.58. The number of hydrogen-bond donors (Lipinski definition) is 1. The maximum Gasteiger partial charge on any atom is 0.379 e. The van der Waals surface area contributed by atoms with Crippen LogP contribution in [0.15, 0.2) is 22.7 Å². The molecule has 0 aromatic carbocycles. The third-order valence-electron chi connectivity index (χ3n) is 2.08. The van der Waals surface area contributed by atoms with Crippen molar-refractivity contribution in [3.05, 3.63) is 22.7 Å². The lowest BCUT2D eigenvalue weighted by Gasteiger charge is -2.06. The number of allylic oxidation sites excluding steroid dienone is 2. The molecule has 0 atom stereocenters. The SMILES string of the molecule is CC(C)=C1OC(=O)C(O)=C1C(=O)C(C)C. The van der Waals surface area contributed by atoms with E-state index in [2.05, 4.69) is 0 Å². The van der Waals surface area contributed by atoms with Gasteiger partial charge in [-0.3, -0.25) is 4.79 Å². The molecule has 0 aromatic rings. The summed E-state index contributed by atoms with van der Waals surface area (Å²) < 4.78 is 4.81. The molecule has 0 aliphatic carbocycles. The van der Waals surface area contributed by atoms with Crippen LogP contribution in [0.25, 0.3) is 0 Å². The maximum atomic E-state index is 11.7. The zero-order valence-corrected chi connectivity index (χ0v) is 9.25. The van der Waals surface area contributed by atoms with Crippen LogP contribution in [0.3, 0.4) is 0 Å². The van der Waals surface area contributed by atoms with Crippen LogP contribution in [-0.2, 0) is 14.3 Å². The van der Waals surface area contributed by atoms with Gasteiger partial charge in [0.1, 0.15) is 11.3 Å². The summed E-state index contributed by atoms with van der Waals surface area (Å²) in [5.74, 6) is -1.81. The summed E-state index contributed by atoms with van der Waals surface area (Å²) in [4.78, 5) is 22.8. The van der Waals surface area contributed by atoms with Gasteiger partial charge in [-0.15, -0.1) is 0 Å². The molecule has 0 aromatic heterocycles. The number of rotatable bonds is 2. The van der Waals surface area contributed by atoms with Crippen molar-refractivity contribution in [2.45, 2.75) is 27.7 Å². The summed E-state index contributed by atoms with van der Waals surface area (Å²) in [6, 6.07) is 0. The Morgan fingerprint density at radius 2 is 1.87 bits per heavy atom. The van der Waals surface area contributed by atoms with Gasteiger partial charge in [-0.1, -0.05) is 13.8 Å². The smallest absolute Gasteiger partial charge is 0.379 e. The van der Waals surface area contributed by atoms with Gasteiger partial charge >= 0.3 is 5.97 Å². The van der Waals surface area contributed by atoms with Crippen molar-refractivity contribution in [1.82, 2.24) is 0 Å². The number of ether oxygens (including phenoxy) is 1. The Kier molecular flexibility index (Phi) is 2.98. The molecule has 4 heteroatoms. The molecule has 15 heavy (non-hydrogen) atoms. The second-order valence-corrected chi connectivity index (χ2v) is 3.96. The van der Waals surface area contributed by atoms with Gasteiger partial charge in [-0.25, -0.2) is 4.79 Å². The lowest BCUT2D eigenvalue weighted by molar-refractivity contribution is -0.135. The summed E-state index contributed by atoms with van der Waals surface area (Å²) in [5.41, 5.74) is 0.700. The molecule has 4 nitrogen and oxygen atoms in total. The topological polar surface area (TPSA) is 63.6 Å². The third kappa shape index (κ3) is 1.93. The average molecular weight is 210 g/mol. The van der Waals surface area contributed by atoms with E-state index in [9.17, 15) is 14.7 Å². The summed E-state index contributed by atoms with van der Waals surface area (Å²) >= 11 is 0. The van der Waals surface area contributed by atoms with Gasteiger partial charge in [0.2, 0.25) is 5.76 Å². The average Bonchev–Trinajstić information content (AvgIpc) is 2.42. The fourth-order valence-corrected chi connectivity index (χ4v) is 1.27. The maximum absolute atomic E-state index is 11.7. The predicted molar refractivity (Wildman–Crippen MR) is 54.0 cm³/mol. The zero-order chi connectivity index (χ0) is 11.7. The Labute approximate surface area is 88.2 Å². The van der Waals surface area contributed by atoms with Crippen molar-refractivity contribution in [2.75, 3.05) is 0 Å². The van der Waals surface area contributed by atoms with Crippen LogP contribution < -0.4 is 0 Å². The number of esters is 1. The number of hydrogen-bond acceptors (Lipinski definition) is 4. The van der Waals surface area contributed by atoms with Gasteiger partial charge in [0.05, 0.1) is 0 Å². The minimum Gasteiger partial charge on any atom is -0.501 e. The highest BCUT2D eigenvalue weighted by Gasteiger charge is 2.35. The van der Waals surface area contributed by atoms with E-state index >= 15 is 0 Å². The second kappa shape index (κ2) is 3.88. The monoisotopic (exact) mass is 210 g/mol. The summed E-state index contributed by atoms with van der Waals surface area (Å²) in [5, 5.41) is 9.45. The first-order chi connectivity index (χ1) is 6.86. The molecule has 0 radical (unpaired) electrons. The van der Waals surface area contributed by atoms with Crippen LogP contribution >= 0.6 is 0 Å². The van der Waals surface area contributed by atoms with Crippen LogP contribution in [0.1, 0.15) is 27.7 Å². The molecule has 0 saturated heterocycles. The molecule has 0 saturated carbocycles. The highest BCUT2D eigenvalue weighted by Crippen LogP contribution is 2.29. The Morgan fingerprint density at radius 1 is 1.33 bits per heavy atom. The summed E-state index contributed by atoms with van der Waals surface area (Å²) in [6.07, 6.45) is 0. The number of carbonyl (C=O) groups excluding carboxylic acids is 2. The molecule has 1 N–H and O–H groups in total. The fourth-order valence-electron chi connectivity index (χ4n) is 1.27. The Morgan fingerprint density at radius 3 is 2.27 bits per heavy atom. The van der Waals surface area contributed by atoms with E-state index in [0.29, 0.717) is 5.57 Å². The lowest BCUT2D eigenvalue weighted by Crippen LogP contribution is -2.12. The van der Waals surface area contributed by atoms with Crippen LogP contribution in [-0.4, -0.2) is 16.9 Å². The first-order valence-corrected chi connectivity index (χ1v) is 4.73. The molecule has 1 rings (SSSR count). The Bertz CT molecular complexity index is 381. The number of ketones is 1. The van der Waals surface area contributed by atoms with Gasteiger partial charge in [0, 0.05) is 5.92 Å². The van der Waals surface area contributed by atoms with Gasteiger partial charge < -0.3 is 9.84 Å². The quantitative estimate of drug-likeness (QED) is 0.707. The molecule has 1 aliphatic rings. The van der Waals surface area contributed by atoms with E-state index in [1.54, 1.807) is 27.7 Å². The number of carbonyl (C=O) groups is 2. The van der Waals surface area contributed by atoms with Crippen molar-refractivity contribution >= 4 is 11.8 Å². The largest absolute Gasteiger partial charge is 0.501 e. The van der Waals surface area contributed by atoms with Crippen molar-refractivity contribution < 1.29 is 19.4 Å². The van der Waals surface area contributed by atoms with E-state index in [0.717, 1.165) is 0 Å². The number of aliphatic hydroxyl groups is 1. The van der Waals surface area contributed by atoms with Gasteiger partial charge in [-0.2, -0.15) is 0 Å². The van der Waals surface area contributed by atoms with Crippen LogP contribution in [0, 0.1) is 5.92 Å². The first kappa shape index (κ1) is 11.5. The van der Waals surface area contributed by atoms with Crippen molar-refractivity contribution in [3.63, 3.8) is 0 Å². The van der Waals surface area contributed by atoms with Crippen LogP contribution in [0.2, 0.25) is 0 Å². The molecule has 0 amide bonds. The minimum absolute atomic E-state index is 0.00926. The standard InChI is InChI=1S/C11H14O4/c1-5(2)8(12)7-9(13)11(14)15-10(7)6(3)4/h5,13H,1-4H3. The highest BCUT2D eigenvalue weighted by molar-refractivity contribution is 6.09.